The largest absolute Gasteiger partial charge is 0.343 e. The zero-order valence-corrected chi connectivity index (χ0v) is 19.7. The molecule has 0 bridgehead atoms. The molecule has 1 aliphatic heterocycles. The summed E-state index contributed by atoms with van der Waals surface area (Å²) in [4.78, 5) is 15.0. The van der Waals surface area contributed by atoms with E-state index in [2.05, 4.69) is 0 Å². The van der Waals surface area contributed by atoms with E-state index >= 15 is 0 Å². The van der Waals surface area contributed by atoms with Crippen molar-refractivity contribution in [1.82, 2.24) is 9.21 Å². The van der Waals surface area contributed by atoms with E-state index in [0.717, 1.165) is 17.9 Å². The quantitative estimate of drug-likeness (QED) is 0.622. The summed E-state index contributed by atoms with van der Waals surface area (Å²) in [5.74, 6) is 0.966. The van der Waals surface area contributed by atoms with Crippen molar-refractivity contribution in [1.29, 1.82) is 0 Å². The normalized spacial score (nSPS) is 19.6. The maximum Gasteiger partial charge on any atom is 0.243 e. The minimum Gasteiger partial charge on any atom is -0.343 e. The fourth-order valence-electron chi connectivity index (χ4n) is 5.12. The van der Waals surface area contributed by atoms with Crippen LogP contribution in [0.5, 0.6) is 0 Å². The molecule has 1 aromatic carbocycles. The molecular weight excluding hydrogens is 396 g/mol. The molecule has 0 unspecified atom stereocenters. The predicted molar refractivity (Wildman–Crippen MR) is 121 cm³/mol. The average Bonchev–Trinajstić information content (AvgIpc) is 2.73. The van der Waals surface area contributed by atoms with E-state index in [1.54, 1.807) is 22.5 Å². The summed E-state index contributed by atoms with van der Waals surface area (Å²) in [6.45, 7) is 7.10. The van der Waals surface area contributed by atoms with Crippen LogP contribution in [0.4, 0.5) is 0 Å². The van der Waals surface area contributed by atoms with E-state index in [9.17, 15) is 13.2 Å². The number of sulfonamides is 1. The van der Waals surface area contributed by atoms with E-state index < -0.39 is 10.0 Å². The van der Waals surface area contributed by atoms with Crippen LogP contribution in [-0.2, 0) is 14.8 Å². The van der Waals surface area contributed by atoms with E-state index in [1.807, 2.05) is 31.7 Å². The van der Waals surface area contributed by atoms with Gasteiger partial charge in [0.05, 0.1) is 4.90 Å². The summed E-state index contributed by atoms with van der Waals surface area (Å²) in [5, 5.41) is 0. The first kappa shape index (κ1) is 23.3. The van der Waals surface area contributed by atoms with Gasteiger partial charge < -0.3 is 4.90 Å². The molecule has 0 atom stereocenters. The van der Waals surface area contributed by atoms with Crippen LogP contribution in [0, 0.1) is 12.8 Å². The second-order valence-electron chi connectivity index (χ2n) is 9.40. The molecule has 1 saturated carbocycles. The van der Waals surface area contributed by atoms with Gasteiger partial charge in [-0.15, -0.1) is 0 Å². The molecule has 3 rings (SSSR count). The Kier molecular flexibility index (Phi) is 7.97. The molecule has 2 aliphatic rings. The number of benzene rings is 1. The zero-order valence-electron chi connectivity index (χ0n) is 18.8. The number of carbonyl (C=O) groups is 1. The van der Waals surface area contributed by atoms with Crippen LogP contribution in [0.25, 0.3) is 0 Å². The number of rotatable bonds is 7. The molecule has 5 nitrogen and oxygen atoms in total. The number of aryl methyl sites for hydroxylation is 1. The second kappa shape index (κ2) is 10.3. The van der Waals surface area contributed by atoms with E-state index in [1.165, 1.54) is 32.1 Å². The van der Waals surface area contributed by atoms with Crippen molar-refractivity contribution in [3.63, 3.8) is 0 Å². The third-order valence-corrected chi connectivity index (χ3v) is 8.87. The van der Waals surface area contributed by atoms with E-state index in [-0.39, 0.29) is 18.0 Å². The third-order valence-electron chi connectivity index (χ3n) is 6.74. The van der Waals surface area contributed by atoms with Gasteiger partial charge in [0.25, 0.3) is 0 Å². The van der Waals surface area contributed by atoms with Gasteiger partial charge in [0.1, 0.15) is 0 Å². The number of nitrogens with zero attached hydrogens (tertiary/aromatic N) is 2. The second-order valence-corrected chi connectivity index (χ2v) is 11.2. The van der Waals surface area contributed by atoms with Gasteiger partial charge in [0.2, 0.25) is 15.9 Å². The van der Waals surface area contributed by atoms with Crippen LogP contribution in [0.1, 0.15) is 77.2 Å². The highest BCUT2D eigenvalue weighted by atomic mass is 32.2. The van der Waals surface area contributed by atoms with Crippen molar-refractivity contribution in [3.8, 4) is 0 Å². The van der Waals surface area contributed by atoms with Crippen molar-refractivity contribution in [2.45, 2.75) is 95.5 Å². The molecule has 0 spiro atoms. The van der Waals surface area contributed by atoms with E-state index in [4.69, 9.17) is 0 Å². The molecule has 1 heterocycles. The molecule has 6 heteroatoms. The minimum atomic E-state index is -3.56. The number of hydrogen-bond donors (Lipinski definition) is 0. The Balaban J connectivity index is 1.59. The lowest BCUT2D eigenvalue weighted by molar-refractivity contribution is -0.132. The average molecular weight is 435 g/mol. The van der Waals surface area contributed by atoms with Crippen molar-refractivity contribution in [3.05, 3.63) is 29.8 Å². The fraction of sp³-hybridized carbons (Fsp3) is 0.708. The topological polar surface area (TPSA) is 57.7 Å². The number of amides is 1. The Hall–Kier alpha value is -1.40. The summed E-state index contributed by atoms with van der Waals surface area (Å²) < 4.78 is 28.4. The number of likely N-dealkylation sites (tertiary alicyclic amines) is 1. The Labute approximate surface area is 182 Å². The van der Waals surface area contributed by atoms with Crippen LogP contribution >= 0.6 is 0 Å². The lowest BCUT2D eigenvalue weighted by Crippen LogP contribution is -2.51. The van der Waals surface area contributed by atoms with Crippen molar-refractivity contribution >= 4 is 15.9 Å². The number of carbonyl (C=O) groups excluding carboxylic acids is 1. The first-order valence-electron chi connectivity index (χ1n) is 11.7. The van der Waals surface area contributed by atoms with Crippen LogP contribution in [0.15, 0.2) is 29.2 Å². The molecule has 1 aromatic rings. The van der Waals surface area contributed by atoms with Crippen molar-refractivity contribution in [2.75, 3.05) is 13.1 Å². The molecular formula is C24H38N2O3S. The van der Waals surface area contributed by atoms with Gasteiger partial charge in [-0.1, -0.05) is 44.2 Å². The van der Waals surface area contributed by atoms with Crippen LogP contribution in [0.3, 0.4) is 0 Å². The highest BCUT2D eigenvalue weighted by Gasteiger charge is 2.36. The number of hydrogen-bond acceptors (Lipinski definition) is 3. The molecule has 0 N–H and O–H groups in total. The van der Waals surface area contributed by atoms with Crippen LogP contribution in [-0.4, -0.2) is 48.7 Å². The lowest BCUT2D eigenvalue weighted by atomic mass is 9.86. The SMILES string of the molecule is Cc1cccc(S(=O)(=O)N(C(C)C)C2CCN(C(=O)CCC3CCCCC3)CC2)c1. The molecule has 0 radical (unpaired) electrons. The van der Waals surface area contributed by atoms with Gasteiger partial charge in [-0.25, -0.2) is 8.42 Å². The monoisotopic (exact) mass is 434 g/mol. The van der Waals surface area contributed by atoms with Gasteiger partial charge >= 0.3 is 0 Å². The van der Waals surface area contributed by atoms with Crippen molar-refractivity contribution in [2.24, 2.45) is 5.92 Å². The lowest BCUT2D eigenvalue weighted by Gasteiger charge is -2.40. The molecule has 30 heavy (non-hydrogen) atoms. The first-order valence-corrected chi connectivity index (χ1v) is 13.1. The fourth-order valence-corrected chi connectivity index (χ4v) is 7.11. The summed E-state index contributed by atoms with van der Waals surface area (Å²) in [5.41, 5.74) is 0.943. The molecule has 1 saturated heterocycles. The molecule has 1 aliphatic carbocycles. The van der Waals surface area contributed by atoms with E-state index in [0.29, 0.717) is 37.2 Å². The Bertz CT molecular complexity index is 807. The Morgan fingerprint density at radius 2 is 1.77 bits per heavy atom. The number of piperidine rings is 1. The Morgan fingerprint density at radius 1 is 1.10 bits per heavy atom. The van der Waals surface area contributed by atoms with Crippen LogP contribution in [0.2, 0.25) is 0 Å². The summed E-state index contributed by atoms with van der Waals surface area (Å²) in [6.07, 6.45) is 9.58. The zero-order chi connectivity index (χ0) is 21.7. The molecule has 0 aromatic heterocycles. The van der Waals surface area contributed by atoms with Gasteiger partial charge in [0.15, 0.2) is 0 Å². The highest BCUT2D eigenvalue weighted by Crippen LogP contribution is 2.29. The molecule has 2 fully saturated rings. The predicted octanol–water partition coefficient (Wildman–Crippen LogP) is 4.75. The van der Waals surface area contributed by atoms with Gasteiger partial charge in [-0.05, 0) is 63.6 Å². The van der Waals surface area contributed by atoms with Crippen LogP contribution < -0.4 is 0 Å². The summed E-state index contributed by atoms with van der Waals surface area (Å²) in [7, 11) is -3.56. The first-order chi connectivity index (χ1) is 14.3. The highest BCUT2D eigenvalue weighted by molar-refractivity contribution is 7.89. The van der Waals surface area contributed by atoms with Gasteiger partial charge in [-0.3, -0.25) is 4.79 Å². The maximum atomic E-state index is 13.4. The van der Waals surface area contributed by atoms with Gasteiger partial charge in [0, 0.05) is 31.6 Å². The Morgan fingerprint density at radius 3 is 2.37 bits per heavy atom. The third kappa shape index (κ3) is 5.64. The molecule has 1 amide bonds. The smallest absolute Gasteiger partial charge is 0.243 e. The molecule has 168 valence electrons. The van der Waals surface area contributed by atoms with Crippen molar-refractivity contribution < 1.29 is 13.2 Å². The summed E-state index contributed by atoms with van der Waals surface area (Å²) >= 11 is 0. The van der Waals surface area contributed by atoms with Gasteiger partial charge in [-0.2, -0.15) is 4.31 Å². The summed E-state index contributed by atoms with van der Waals surface area (Å²) in [6, 6.07) is 6.97. The minimum absolute atomic E-state index is 0.0575. The maximum absolute atomic E-state index is 13.4. The standard InChI is InChI=1S/C24H38N2O3S/c1-19(2)26(30(28,29)23-11-7-8-20(3)18-23)22-14-16-25(17-15-22)24(27)13-12-21-9-5-4-6-10-21/h7-8,11,18-19,21-22H,4-6,9-10,12-17H2,1-3H3.